The number of nitrogens with zero attached hydrogens (tertiary/aromatic N) is 1. The quantitative estimate of drug-likeness (QED) is 0.805. The minimum Gasteiger partial charge on any atom is -0.389 e. The lowest BCUT2D eigenvalue weighted by molar-refractivity contribution is -0.114. The third kappa shape index (κ3) is 4.99. The summed E-state index contributed by atoms with van der Waals surface area (Å²) in [5.41, 5.74) is 1.13. The topological polar surface area (TPSA) is 78.9 Å². The lowest BCUT2D eigenvalue weighted by Gasteiger charge is -2.20. The van der Waals surface area contributed by atoms with Gasteiger partial charge in [0.1, 0.15) is 0 Å². The van der Waals surface area contributed by atoms with Gasteiger partial charge >= 0.3 is 0 Å². The summed E-state index contributed by atoms with van der Waals surface area (Å²) in [4.78, 5) is 24.4. The van der Waals surface area contributed by atoms with Crippen LogP contribution in [-0.4, -0.2) is 55.2 Å². The van der Waals surface area contributed by atoms with Crippen LogP contribution in [-0.2, 0) is 9.53 Å². The van der Waals surface area contributed by atoms with Crippen molar-refractivity contribution in [1.82, 2.24) is 4.90 Å². The number of ether oxygens (including phenoxy) is 1. The molecule has 0 fully saturated rings. The van der Waals surface area contributed by atoms with E-state index in [4.69, 9.17) is 4.74 Å². The number of hydrogen-bond donors (Lipinski definition) is 2. The Hall–Kier alpha value is -1.92. The Balaban J connectivity index is 2.64. The molecule has 110 valence electrons. The monoisotopic (exact) mass is 280 g/mol. The number of amides is 2. The number of hydrogen-bond acceptors (Lipinski definition) is 4. The van der Waals surface area contributed by atoms with Gasteiger partial charge in [-0.3, -0.25) is 9.59 Å². The highest BCUT2D eigenvalue weighted by Gasteiger charge is 2.15. The van der Waals surface area contributed by atoms with Gasteiger partial charge in [-0.1, -0.05) is 0 Å². The van der Waals surface area contributed by atoms with Gasteiger partial charge in [-0.05, 0) is 24.3 Å². The van der Waals surface area contributed by atoms with Crippen LogP contribution in [0, 0.1) is 0 Å². The second-order valence-corrected chi connectivity index (χ2v) is 4.55. The smallest absolute Gasteiger partial charge is 0.253 e. The second kappa shape index (κ2) is 7.62. The SMILES string of the molecule is COCC(O)CN(C)C(=O)c1ccc(NC(C)=O)cc1. The fourth-order valence-corrected chi connectivity index (χ4v) is 1.76. The molecule has 0 bridgehead atoms. The average Bonchev–Trinajstić information content (AvgIpc) is 2.38. The summed E-state index contributed by atoms with van der Waals surface area (Å²) in [6, 6.07) is 6.59. The summed E-state index contributed by atoms with van der Waals surface area (Å²) >= 11 is 0. The van der Waals surface area contributed by atoms with Crippen molar-refractivity contribution in [3.8, 4) is 0 Å². The molecule has 1 aromatic rings. The Morgan fingerprint density at radius 1 is 1.35 bits per heavy atom. The first-order valence-electron chi connectivity index (χ1n) is 6.24. The molecular formula is C14H20N2O4. The average molecular weight is 280 g/mol. The number of nitrogens with one attached hydrogen (secondary N) is 1. The van der Waals surface area contributed by atoms with Crippen LogP contribution in [0.4, 0.5) is 5.69 Å². The van der Waals surface area contributed by atoms with E-state index in [0.29, 0.717) is 11.3 Å². The van der Waals surface area contributed by atoms with Crippen LogP contribution in [0.5, 0.6) is 0 Å². The van der Waals surface area contributed by atoms with Crippen LogP contribution in [0.2, 0.25) is 0 Å². The maximum atomic E-state index is 12.1. The van der Waals surface area contributed by atoms with Crippen molar-refractivity contribution in [3.63, 3.8) is 0 Å². The zero-order valence-corrected chi connectivity index (χ0v) is 11.9. The first-order valence-corrected chi connectivity index (χ1v) is 6.24. The number of carbonyl (C=O) groups excluding carboxylic acids is 2. The Morgan fingerprint density at radius 2 is 1.95 bits per heavy atom. The summed E-state index contributed by atoms with van der Waals surface area (Å²) in [6.45, 7) is 1.79. The van der Waals surface area contributed by atoms with Crippen LogP contribution in [0.25, 0.3) is 0 Å². The molecule has 6 heteroatoms. The molecule has 0 aliphatic heterocycles. The summed E-state index contributed by atoms with van der Waals surface area (Å²) in [5, 5.41) is 12.2. The van der Waals surface area contributed by atoms with Gasteiger partial charge in [-0.15, -0.1) is 0 Å². The number of carbonyl (C=O) groups is 2. The Labute approximate surface area is 118 Å². The molecule has 0 saturated heterocycles. The highest BCUT2D eigenvalue weighted by molar-refractivity contribution is 5.95. The number of aliphatic hydroxyl groups is 1. The molecule has 0 saturated carbocycles. The molecule has 1 atom stereocenters. The lowest BCUT2D eigenvalue weighted by atomic mass is 10.1. The lowest BCUT2D eigenvalue weighted by Crippen LogP contribution is -2.36. The van der Waals surface area contributed by atoms with Crippen molar-refractivity contribution < 1.29 is 19.4 Å². The molecule has 0 aromatic heterocycles. The molecule has 1 aromatic carbocycles. The van der Waals surface area contributed by atoms with E-state index in [2.05, 4.69) is 5.32 Å². The zero-order chi connectivity index (χ0) is 15.1. The molecule has 1 rings (SSSR count). The maximum absolute atomic E-state index is 12.1. The van der Waals surface area contributed by atoms with Gasteiger partial charge in [-0.2, -0.15) is 0 Å². The summed E-state index contributed by atoms with van der Waals surface area (Å²) < 4.78 is 4.81. The third-order valence-electron chi connectivity index (χ3n) is 2.64. The summed E-state index contributed by atoms with van der Waals surface area (Å²) in [6.07, 6.45) is -0.715. The third-order valence-corrected chi connectivity index (χ3v) is 2.64. The number of aliphatic hydroxyl groups excluding tert-OH is 1. The summed E-state index contributed by atoms with van der Waals surface area (Å²) in [5.74, 6) is -0.363. The predicted molar refractivity (Wildman–Crippen MR) is 75.6 cm³/mol. The van der Waals surface area contributed by atoms with E-state index in [1.807, 2.05) is 0 Å². The van der Waals surface area contributed by atoms with E-state index in [0.717, 1.165) is 0 Å². The fourth-order valence-electron chi connectivity index (χ4n) is 1.76. The predicted octanol–water partition coefficient (Wildman–Crippen LogP) is 0.724. The van der Waals surface area contributed by atoms with Crippen LogP contribution >= 0.6 is 0 Å². The van der Waals surface area contributed by atoms with E-state index < -0.39 is 6.10 Å². The molecule has 20 heavy (non-hydrogen) atoms. The molecule has 2 N–H and O–H groups in total. The highest BCUT2D eigenvalue weighted by atomic mass is 16.5. The molecular weight excluding hydrogens is 260 g/mol. The molecule has 6 nitrogen and oxygen atoms in total. The van der Waals surface area contributed by atoms with E-state index in [1.165, 1.54) is 18.9 Å². The molecule has 0 radical (unpaired) electrons. The summed E-state index contributed by atoms with van der Waals surface area (Å²) in [7, 11) is 3.11. The van der Waals surface area contributed by atoms with E-state index in [-0.39, 0.29) is 25.0 Å². The van der Waals surface area contributed by atoms with E-state index in [9.17, 15) is 14.7 Å². The van der Waals surface area contributed by atoms with Crippen molar-refractivity contribution >= 4 is 17.5 Å². The van der Waals surface area contributed by atoms with Crippen molar-refractivity contribution in [2.45, 2.75) is 13.0 Å². The van der Waals surface area contributed by atoms with Gasteiger partial charge in [0.2, 0.25) is 5.91 Å². The number of anilines is 1. The molecule has 2 amide bonds. The number of likely N-dealkylation sites (N-methyl/N-ethyl adjacent to an activating group) is 1. The number of rotatable bonds is 6. The Morgan fingerprint density at radius 3 is 2.45 bits per heavy atom. The van der Waals surface area contributed by atoms with Gasteiger partial charge in [0.15, 0.2) is 0 Å². The van der Waals surface area contributed by atoms with Crippen LogP contribution < -0.4 is 5.32 Å². The van der Waals surface area contributed by atoms with Crippen molar-refractivity contribution in [1.29, 1.82) is 0 Å². The maximum Gasteiger partial charge on any atom is 0.253 e. The first kappa shape index (κ1) is 16.1. The van der Waals surface area contributed by atoms with Crippen molar-refractivity contribution in [2.24, 2.45) is 0 Å². The number of methoxy groups -OCH3 is 1. The van der Waals surface area contributed by atoms with Crippen molar-refractivity contribution in [3.05, 3.63) is 29.8 Å². The van der Waals surface area contributed by atoms with E-state index >= 15 is 0 Å². The van der Waals surface area contributed by atoms with Crippen LogP contribution in [0.1, 0.15) is 17.3 Å². The first-order chi connectivity index (χ1) is 9.43. The minimum atomic E-state index is -0.715. The van der Waals surface area contributed by atoms with Gasteiger partial charge < -0.3 is 20.1 Å². The molecule has 0 spiro atoms. The standard InChI is InChI=1S/C14H20N2O4/c1-10(17)15-12-6-4-11(5-7-12)14(19)16(2)8-13(18)9-20-3/h4-7,13,18H,8-9H2,1-3H3,(H,15,17). The highest BCUT2D eigenvalue weighted by Crippen LogP contribution is 2.11. The van der Waals surface area contributed by atoms with E-state index in [1.54, 1.807) is 31.3 Å². The zero-order valence-electron chi connectivity index (χ0n) is 11.9. The minimum absolute atomic E-state index is 0.163. The molecule has 0 aliphatic rings. The van der Waals surface area contributed by atoms with Gasteiger partial charge in [0.05, 0.1) is 12.7 Å². The van der Waals surface area contributed by atoms with Crippen LogP contribution in [0.3, 0.4) is 0 Å². The fraction of sp³-hybridized carbons (Fsp3) is 0.429. The molecule has 0 aliphatic carbocycles. The molecule has 0 heterocycles. The van der Waals surface area contributed by atoms with Crippen molar-refractivity contribution in [2.75, 3.05) is 32.6 Å². The van der Waals surface area contributed by atoms with Gasteiger partial charge in [0.25, 0.3) is 5.91 Å². The molecule has 1 unspecified atom stereocenters. The normalized spacial score (nSPS) is 11.8. The van der Waals surface area contributed by atoms with Gasteiger partial charge in [0, 0.05) is 38.9 Å². The second-order valence-electron chi connectivity index (χ2n) is 4.55. The Bertz CT molecular complexity index is 459. The number of benzene rings is 1. The Kier molecular flexibility index (Phi) is 6.14. The van der Waals surface area contributed by atoms with Crippen LogP contribution in [0.15, 0.2) is 24.3 Å². The largest absolute Gasteiger partial charge is 0.389 e. The van der Waals surface area contributed by atoms with Gasteiger partial charge in [-0.25, -0.2) is 0 Å².